The molecule has 368 valence electrons. The van der Waals surface area contributed by atoms with Crippen molar-refractivity contribution >= 4 is 73.0 Å². The molecule has 3 aliphatic rings. The molecular formula is C55H43F2N5O10S. The number of rotatable bonds is 17. The molecule has 0 bridgehead atoms. The van der Waals surface area contributed by atoms with Crippen LogP contribution in [-0.4, -0.2) is 55.4 Å². The quantitative estimate of drug-likeness (QED) is 0.0258. The Bertz CT molecular complexity index is 3660. The fourth-order valence-corrected chi connectivity index (χ4v) is 9.58. The summed E-state index contributed by atoms with van der Waals surface area (Å²) in [6, 6.07) is 36.2. The third-order valence-corrected chi connectivity index (χ3v) is 13.5. The highest BCUT2D eigenvalue weighted by molar-refractivity contribution is 7.92. The van der Waals surface area contributed by atoms with E-state index in [9.17, 15) is 51.4 Å². The van der Waals surface area contributed by atoms with Gasteiger partial charge in [-0.25, -0.2) is 22.0 Å². The number of halogens is 2. The monoisotopic (exact) mass is 1000 g/mol. The van der Waals surface area contributed by atoms with Crippen LogP contribution in [0.15, 0.2) is 160 Å². The van der Waals surface area contributed by atoms with Crippen LogP contribution in [0.2, 0.25) is 0 Å². The molecule has 1 aliphatic carbocycles. The Morgan fingerprint density at radius 3 is 1.96 bits per heavy atom. The van der Waals surface area contributed by atoms with Gasteiger partial charge in [-0.1, -0.05) is 67.4 Å². The molecule has 15 nitrogen and oxygen atoms in total. The van der Waals surface area contributed by atoms with Gasteiger partial charge in [0, 0.05) is 75.5 Å². The largest absolute Gasteiger partial charge is 0.505 e. The van der Waals surface area contributed by atoms with E-state index in [-0.39, 0.29) is 73.5 Å². The number of hydrogen-bond donors (Lipinski definition) is 7. The van der Waals surface area contributed by atoms with E-state index < -0.39 is 44.7 Å². The van der Waals surface area contributed by atoms with Crippen LogP contribution in [0.4, 0.5) is 25.8 Å². The molecule has 0 fully saturated rings. The number of hydrogen-bond acceptors (Lipinski definition) is 10. The van der Waals surface area contributed by atoms with E-state index in [2.05, 4.69) is 26.0 Å². The third-order valence-electron chi connectivity index (χ3n) is 12.1. The number of carbonyl (C=O) groups excluding carboxylic acids is 3. The number of nitrogens with one attached hydrogen (secondary N) is 5. The number of phenolic OH excluding ortho intramolecular Hbond substituents is 1. The Kier molecular flexibility index (Phi) is 13.8. The number of carboxylic acid groups (broad SMARTS) is 1. The highest BCUT2D eigenvalue weighted by Crippen LogP contribution is 2.44. The molecule has 0 aromatic heterocycles. The molecule has 6 aromatic carbocycles. The fraction of sp³-hybridized carbons (Fsp3) is 0.109. The van der Waals surface area contributed by atoms with Gasteiger partial charge in [-0.15, -0.1) is 0 Å². The summed E-state index contributed by atoms with van der Waals surface area (Å²) in [5, 5.41) is 32.1. The van der Waals surface area contributed by atoms with Crippen molar-refractivity contribution in [3.05, 3.63) is 195 Å². The van der Waals surface area contributed by atoms with Crippen molar-refractivity contribution in [2.75, 3.05) is 28.4 Å². The first-order valence-electron chi connectivity index (χ1n) is 22.9. The summed E-state index contributed by atoms with van der Waals surface area (Å²) >= 11 is 0. The maximum atomic E-state index is 14.6. The molecule has 0 atom stereocenters. The molecule has 0 spiro atoms. The standard InChI is InChI=1S/C55H43F2N5O10S/c56-42-27-40-47(29-45(42)63)72-48-30-46(64)43(57)28-41(48)49(40)37-21-17-33(25-38(37)55(68)69)53(66)59-24-10-2-1-9-23-58-52(65)32-15-18-34(19-16-32)60-51(31-11-5-3-6-12-31)50-39-26-35(20-22-44(39)61-54(50)67)62-73(70,71)36-13-7-4-8-14-36/h3-8,11-22,25-30,60,62-63H,1-2,9-10,23-24H2,(H,58,65)(H,59,66)(H,61,67)(H,68,69)/b51-50-. The summed E-state index contributed by atoms with van der Waals surface area (Å²) in [5.41, 5.74) is 2.24. The van der Waals surface area contributed by atoms with E-state index in [0.717, 1.165) is 36.8 Å². The second-order valence-electron chi connectivity index (χ2n) is 17.0. The molecule has 0 saturated carbocycles. The molecule has 2 heterocycles. The lowest BCUT2D eigenvalue weighted by Crippen LogP contribution is -2.25. The summed E-state index contributed by atoms with van der Waals surface area (Å²) in [7, 11) is -3.91. The molecule has 0 radical (unpaired) electrons. The number of fused-ring (bicyclic) bond motifs is 3. The van der Waals surface area contributed by atoms with Gasteiger partial charge in [-0.05, 0) is 103 Å². The lowest BCUT2D eigenvalue weighted by molar-refractivity contribution is -0.110. The van der Waals surface area contributed by atoms with Gasteiger partial charge in [0.15, 0.2) is 17.4 Å². The van der Waals surface area contributed by atoms with Crippen molar-refractivity contribution in [1.29, 1.82) is 0 Å². The highest BCUT2D eigenvalue weighted by Gasteiger charge is 2.30. The van der Waals surface area contributed by atoms with Crippen LogP contribution >= 0.6 is 0 Å². The summed E-state index contributed by atoms with van der Waals surface area (Å²) in [5.74, 6) is -5.76. The van der Waals surface area contributed by atoms with Gasteiger partial charge < -0.3 is 35.9 Å². The van der Waals surface area contributed by atoms with E-state index in [0.29, 0.717) is 65.1 Å². The average Bonchev–Trinajstić information content (AvgIpc) is 3.71. The molecular weight excluding hydrogens is 961 g/mol. The molecule has 0 unspecified atom stereocenters. The summed E-state index contributed by atoms with van der Waals surface area (Å²) in [6.45, 7) is 0.651. The van der Waals surface area contributed by atoms with Crippen molar-refractivity contribution in [1.82, 2.24) is 10.6 Å². The number of phenols is 1. The summed E-state index contributed by atoms with van der Waals surface area (Å²) < 4.78 is 63.7. The van der Waals surface area contributed by atoms with E-state index in [1.807, 2.05) is 30.3 Å². The van der Waals surface area contributed by atoms with Gasteiger partial charge in [-0.2, -0.15) is 0 Å². The van der Waals surface area contributed by atoms with E-state index >= 15 is 0 Å². The molecule has 2 aliphatic heterocycles. The minimum atomic E-state index is -3.91. The molecule has 0 saturated heterocycles. The normalized spacial score (nSPS) is 12.8. The lowest BCUT2D eigenvalue weighted by Gasteiger charge is -2.17. The van der Waals surface area contributed by atoms with Gasteiger partial charge in [-0.3, -0.25) is 23.9 Å². The van der Waals surface area contributed by atoms with Crippen molar-refractivity contribution in [3.8, 4) is 28.2 Å². The van der Waals surface area contributed by atoms with Crippen LogP contribution in [0.3, 0.4) is 0 Å². The van der Waals surface area contributed by atoms with Gasteiger partial charge >= 0.3 is 5.97 Å². The van der Waals surface area contributed by atoms with Crippen LogP contribution in [0.25, 0.3) is 44.7 Å². The molecule has 7 N–H and O–H groups in total. The number of carboxylic acids is 1. The highest BCUT2D eigenvalue weighted by atomic mass is 32.2. The van der Waals surface area contributed by atoms with Crippen molar-refractivity contribution in [3.63, 3.8) is 0 Å². The van der Waals surface area contributed by atoms with Crippen molar-refractivity contribution in [2.24, 2.45) is 0 Å². The van der Waals surface area contributed by atoms with Crippen molar-refractivity contribution < 1.29 is 51.0 Å². The van der Waals surface area contributed by atoms with Crippen molar-refractivity contribution in [2.45, 2.75) is 30.6 Å². The molecule has 3 amide bonds. The first-order chi connectivity index (χ1) is 35.1. The SMILES string of the molecule is O=C1Nc2ccc(NS(=O)(=O)c3ccccc3)cc2/C1=C(/Nc1ccc(C(=O)NCCCCCCNC(=O)c2ccc(-c3c4cc(F)c(=O)cc-4oc4cc(O)c(F)cc34)c(C(=O)O)c2)cc1)c1ccccc1. The summed E-state index contributed by atoms with van der Waals surface area (Å²) in [4.78, 5) is 64.7. The maximum absolute atomic E-state index is 14.6. The second-order valence-corrected chi connectivity index (χ2v) is 18.7. The van der Waals surface area contributed by atoms with E-state index in [1.54, 1.807) is 60.7 Å². The topological polar surface area (TPSA) is 233 Å². The number of sulfonamides is 1. The minimum absolute atomic E-state index is 0.00644. The Labute approximate surface area is 415 Å². The first kappa shape index (κ1) is 48.8. The number of aromatic hydroxyl groups is 1. The van der Waals surface area contributed by atoms with Gasteiger partial charge in [0.25, 0.3) is 27.7 Å². The zero-order valence-corrected chi connectivity index (χ0v) is 39.2. The molecule has 18 heteroatoms. The third kappa shape index (κ3) is 10.5. The lowest BCUT2D eigenvalue weighted by atomic mass is 9.89. The van der Waals surface area contributed by atoms with Crippen LogP contribution in [-0.2, 0) is 14.8 Å². The smallest absolute Gasteiger partial charge is 0.336 e. The fourth-order valence-electron chi connectivity index (χ4n) is 8.51. The van der Waals surface area contributed by atoms with Gasteiger partial charge in [0.2, 0.25) is 5.43 Å². The molecule has 6 aromatic rings. The number of benzene rings is 7. The predicted molar refractivity (Wildman–Crippen MR) is 272 cm³/mol. The number of anilines is 3. The van der Waals surface area contributed by atoms with Crippen LogP contribution in [0, 0.1) is 11.6 Å². The zero-order valence-electron chi connectivity index (χ0n) is 38.4. The summed E-state index contributed by atoms with van der Waals surface area (Å²) in [6.07, 6.45) is 2.66. The number of aromatic carboxylic acids is 1. The number of unbranched alkanes of at least 4 members (excludes halogenated alkanes) is 3. The molecule has 73 heavy (non-hydrogen) atoms. The van der Waals surface area contributed by atoms with Crippen LogP contribution in [0.5, 0.6) is 5.75 Å². The minimum Gasteiger partial charge on any atom is -0.505 e. The van der Waals surface area contributed by atoms with Crippen LogP contribution in [0.1, 0.15) is 67.9 Å². The van der Waals surface area contributed by atoms with Gasteiger partial charge in [0.1, 0.15) is 11.3 Å². The van der Waals surface area contributed by atoms with Gasteiger partial charge in [0.05, 0.1) is 21.7 Å². The maximum Gasteiger partial charge on any atom is 0.336 e. The number of amides is 3. The average molecular weight is 1000 g/mol. The second kappa shape index (κ2) is 20.7. The predicted octanol–water partition coefficient (Wildman–Crippen LogP) is 9.70. The Morgan fingerprint density at radius 2 is 1.27 bits per heavy atom. The molecule has 9 rings (SSSR count). The zero-order chi connectivity index (χ0) is 51.4. The first-order valence-corrected chi connectivity index (χ1v) is 24.4. The van der Waals surface area contributed by atoms with E-state index in [4.69, 9.17) is 4.42 Å². The Balaban J connectivity index is 0.787. The Hall–Kier alpha value is -9.16. The van der Waals surface area contributed by atoms with E-state index in [1.165, 1.54) is 24.3 Å². The Morgan fingerprint density at radius 1 is 0.630 bits per heavy atom. The van der Waals surface area contributed by atoms with Crippen LogP contribution < -0.4 is 31.4 Å². The number of carbonyl (C=O) groups is 4.